The van der Waals surface area contributed by atoms with E-state index in [4.69, 9.17) is 23.2 Å². The van der Waals surface area contributed by atoms with Gasteiger partial charge in [0.05, 0.1) is 4.92 Å². The second kappa shape index (κ2) is 6.11. The molecule has 2 aromatic rings. The number of carbonyl (C=O) groups excluding carboxylic acids is 1. The van der Waals surface area contributed by atoms with Crippen LogP contribution in [0.4, 0.5) is 11.4 Å². The SMILES string of the molecule is Cc1ccc(C(=O)Nc2ccc(Cl)cc2[N+](=O)[O-])cc1Cl. The average molecular weight is 325 g/mol. The van der Waals surface area contributed by atoms with E-state index in [1.807, 2.05) is 6.92 Å². The van der Waals surface area contributed by atoms with E-state index < -0.39 is 10.8 Å². The van der Waals surface area contributed by atoms with Gasteiger partial charge in [0.1, 0.15) is 5.69 Å². The Morgan fingerprint density at radius 2 is 1.90 bits per heavy atom. The molecular weight excluding hydrogens is 315 g/mol. The maximum atomic E-state index is 12.1. The molecule has 1 amide bonds. The number of rotatable bonds is 3. The summed E-state index contributed by atoms with van der Waals surface area (Å²) in [5, 5.41) is 14.1. The number of benzene rings is 2. The van der Waals surface area contributed by atoms with E-state index in [0.29, 0.717) is 10.6 Å². The minimum absolute atomic E-state index is 0.0751. The van der Waals surface area contributed by atoms with Crippen molar-refractivity contribution in [1.29, 1.82) is 0 Å². The van der Waals surface area contributed by atoms with E-state index >= 15 is 0 Å². The minimum Gasteiger partial charge on any atom is -0.316 e. The number of anilines is 1. The number of nitro benzene ring substituents is 1. The number of nitrogens with one attached hydrogen (secondary N) is 1. The average Bonchev–Trinajstić information content (AvgIpc) is 2.43. The molecule has 0 saturated heterocycles. The number of nitro groups is 1. The molecule has 2 aromatic carbocycles. The second-order valence-electron chi connectivity index (χ2n) is 4.34. The van der Waals surface area contributed by atoms with Gasteiger partial charge in [-0.05, 0) is 36.8 Å². The molecule has 5 nitrogen and oxygen atoms in total. The molecule has 0 atom stereocenters. The first-order chi connectivity index (χ1) is 9.88. The number of hydrogen-bond acceptors (Lipinski definition) is 3. The number of hydrogen-bond donors (Lipinski definition) is 1. The highest BCUT2D eigenvalue weighted by Gasteiger charge is 2.17. The molecule has 0 heterocycles. The quantitative estimate of drug-likeness (QED) is 0.669. The van der Waals surface area contributed by atoms with Gasteiger partial charge >= 0.3 is 0 Å². The van der Waals surface area contributed by atoms with Crippen molar-refractivity contribution in [3.63, 3.8) is 0 Å². The Bertz CT molecular complexity index is 732. The van der Waals surface area contributed by atoms with Crippen molar-refractivity contribution in [2.75, 3.05) is 5.32 Å². The molecule has 0 aliphatic rings. The van der Waals surface area contributed by atoms with Gasteiger partial charge in [0.2, 0.25) is 0 Å². The van der Waals surface area contributed by atoms with Gasteiger partial charge in [-0.25, -0.2) is 0 Å². The highest BCUT2D eigenvalue weighted by atomic mass is 35.5. The molecule has 1 N–H and O–H groups in total. The molecule has 108 valence electrons. The predicted molar refractivity (Wildman–Crippen MR) is 82.2 cm³/mol. The first-order valence-corrected chi connectivity index (χ1v) is 6.65. The molecule has 21 heavy (non-hydrogen) atoms. The van der Waals surface area contributed by atoms with Crippen molar-refractivity contribution in [3.8, 4) is 0 Å². The lowest BCUT2D eigenvalue weighted by atomic mass is 10.1. The van der Waals surface area contributed by atoms with Crippen LogP contribution in [0, 0.1) is 17.0 Å². The summed E-state index contributed by atoms with van der Waals surface area (Å²) in [6.45, 7) is 1.81. The Hall–Kier alpha value is -2.11. The van der Waals surface area contributed by atoms with Crippen LogP contribution in [0.25, 0.3) is 0 Å². The maximum absolute atomic E-state index is 12.1. The molecule has 0 aromatic heterocycles. The van der Waals surface area contributed by atoms with E-state index in [1.165, 1.54) is 24.3 Å². The summed E-state index contributed by atoms with van der Waals surface area (Å²) >= 11 is 11.7. The van der Waals surface area contributed by atoms with Gasteiger partial charge in [-0.1, -0.05) is 29.3 Å². The molecule has 0 spiro atoms. The summed E-state index contributed by atoms with van der Waals surface area (Å²) < 4.78 is 0. The number of amides is 1. The Morgan fingerprint density at radius 1 is 1.19 bits per heavy atom. The van der Waals surface area contributed by atoms with Crippen molar-refractivity contribution in [1.82, 2.24) is 0 Å². The Kier molecular flexibility index (Phi) is 4.45. The predicted octanol–water partition coefficient (Wildman–Crippen LogP) is 4.46. The van der Waals surface area contributed by atoms with Gasteiger partial charge in [0, 0.05) is 21.7 Å². The van der Waals surface area contributed by atoms with Crippen molar-refractivity contribution in [2.45, 2.75) is 6.92 Å². The highest BCUT2D eigenvalue weighted by molar-refractivity contribution is 6.32. The van der Waals surface area contributed by atoms with Gasteiger partial charge in [-0.15, -0.1) is 0 Å². The van der Waals surface area contributed by atoms with Gasteiger partial charge < -0.3 is 5.32 Å². The molecule has 0 saturated carbocycles. The van der Waals surface area contributed by atoms with Crippen LogP contribution in [0.1, 0.15) is 15.9 Å². The molecule has 0 radical (unpaired) electrons. The summed E-state index contributed by atoms with van der Waals surface area (Å²) in [4.78, 5) is 22.5. The maximum Gasteiger partial charge on any atom is 0.294 e. The van der Waals surface area contributed by atoms with Crippen molar-refractivity contribution in [3.05, 3.63) is 67.7 Å². The topological polar surface area (TPSA) is 72.2 Å². The molecule has 0 unspecified atom stereocenters. The third kappa shape index (κ3) is 3.51. The number of carbonyl (C=O) groups is 1. The summed E-state index contributed by atoms with van der Waals surface area (Å²) in [5.41, 5.74) is 0.959. The van der Waals surface area contributed by atoms with Crippen molar-refractivity contribution < 1.29 is 9.72 Å². The number of halogens is 2. The molecule has 0 fully saturated rings. The Morgan fingerprint density at radius 3 is 2.52 bits per heavy atom. The fraction of sp³-hybridized carbons (Fsp3) is 0.0714. The van der Waals surface area contributed by atoms with E-state index in [2.05, 4.69) is 5.32 Å². The third-order valence-corrected chi connectivity index (χ3v) is 3.48. The fourth-order valence-electron chi connectivity index (χ4n) is 1.69. The first-order valence-electron chi connectivity index (χ1n) is 5.90. The molecule has 2 rings (SSSR count). The van der Waals surface area contributed by atoms with Gasteiger partial charge in [-0.3, -0.25) is 14.9 Å². The number of nitrogens with zero attached hydrogens (tertiary/aromatic N) is 1. The fourth-order valence-corrected chi connectivity index (χ4v) is 2.04. The van der Waals surface area contributed by atoms with Crippen molar-refractivity contribution in [2.24, 2.45) is 0 Å². The van der Waals surface area contributed by atoms with Crippen LogP contribution in [0.3, 0.4) is 0 Å². The van der Waals surface area contributed by atoms with Crippen LogP contribution in [0.15, 0.2) is 36.4 Å². The third-order valence-electron chi connectivity index (χ3n) is 2.84. The van der Waals surface area contributed by atoms with E-state index in [1.54, 1.807) is 12.1 Å². The van der Waals surface area contributed by atoms with Crippen LogP contribution in [-0.4, -0.2) is 10.8 Å². The van der Waals surface area contributed by atoms with Gasteiger partial charge in [0.15, 0.2) is 0 Å². The van der Waals surface area contributed by atoms with Gasteiger partial charge in [0.25, 0.3) is 11.6 Å². The monoisotopic (exact) mass is 324 g/mol. The van der Waals surface area contributed by atoms with Crippen LogP contribution in [0.5, 0.6) is 0 Å². The zero-order valence-electron chi connectivity index (χ0n) is 10.9. The second-order valence-corrected chi connectivity index (χ2v) is 5.18. The smallest absolute Gasteiger partial charge is 0.294 e. The Balaban J connectivity index is 2.31. The summed E-state index contributed by atoms with van der Waals surface area (Å²) in [5.74, 6) is -0.484. The molecule has 0 bridgehead atoms. The lowest BCUT2D eigenvalue weighted by Gasteiger charge is -2.07. The molecular formula is C14H10Cl2N2O3. The molecule has 0 aliphatic carbocycles. The van der Waals surface area contributed by atoms with Crippen LogP contribution in [0.2, 0.25) is 10.0 Å². The summed E-state index contributed by atoms with van der Waals surface area (Å²) in [6, 6.07) is 8.83. The normalized spacial score (nSPS) is 10.2. The van der Waals surface area contributed by atoms with E-state index in [0.717, 1.165) is 5.56 Å². The number of aryl methyl sites for hydroxylation is 1. The Labute approximate surface area is 130 Å². The summed E-state index contributed by atoms with van der Waals surface area (Å²) in [6.07, 6.45) is 0. The standard InChI is InChI=1S/C14H10Cl2N2O3/c1-8-2-3-9(6-11(8)16)14(19)17-12-5-4-10(15)7-13(12)18(20)21/h2-7H,1H3,(H,17,19). The molecule has 7 heteroatoms. The lowest BCUT2D eigenvalue weighted by Crippen LogP contribution is -2.13. The zero-order valence-corrected chi connectivity index (χ0v) is 12.4. The minimum atomic E-state index is -0.608. The van der Waals surface area contributed by atoms with E-state index in [9.17, 15) is 14.9 Å². The highest BCUT2D eigenvalue weighted by Crippen LogP contribution is 2.28. The summed E-state index contributed by atoms with van der Waals surface area (Å²) in [7, 11) is 0. The van der Waals surface area contributed by atoms with Crippen molar-refractivity contribution >= 4 is 40.5 Å². The van der Waals surface area contributed by atoms with E-state index in [-0.39, 0.29) is 16.4 Å². The van der Waals surface area contributed by atoms with Crippen LogP contribution in [-0.2, 0) is 0 Å². The van der Waals surface area contributed by atoms with Crippen LogP contribution < -0.4 is 5.32 Å². The zero-order chi connectivity index (χ0) is 15.6. The molecule has 0 aliphatic heterocycles. The van der Waals surface area contributed by atoms with Gasteiger partial charge in [-0.2, -0.15) is 0 Å². The first kappa shape index (κ1) is 15.3. The lowest BCUT2D eigenvalue weighted by molar-refractivity contribution is -0.383. The largest absolute Gasteiger partial charge is 0.316 e. The van der Waals surface area contributed by atoms with Crippen LogP contribution >= 0.6 is 23.2 Å².